The van der Waals surface area contributed by atoms with Crippen molar-refractivity contribution in [1.29, 1.82) is 0 Å². The molecule has 0 aliphatic rings. The Bertz CT molecular complexity index is 614. The van der Waals surface area contributed by atoms with Crippen LogP contribution in [0.5, 0.6) is 17.2 Å². The molecule has 0 atom stereocenters. The highest BCUT2D eigenvalue weighted by Crippen LogP contribution is 2.36. The van der Waals surface area contributed by atoms with Gasteiger partial charge in [0.25, 0.3) is 0 Å². The van der Waals surface area contributed by atoms with Gasteiger partial charge in [-0.1, -0.05) is 12.1 Å². The monoisotopic (exact) mass is 365 g/mol. The minimum absolute atomic E-state index is 0.710. The molecule has 0 fully saturated rings. The second-order valence-electron chi connectivity index (χ2n) is 4.76. The van der Waals surface area contributed by atoms with E-state index in [-0.39, 0.29) is 0 Å². The smallest absolute Gasteiger partial charge is 0.174 e. The Kier molecular flexibility index (Phi) is 6.10. The second-order valence-corrected chi connectivity index (χ2v) is 5.62. The van der Waals surface area contributed by atoms with E-state index in [1.165, 1.54) is 5.56 Å². The van der Waals surface area contributed by atoms with Gasteiger partial charge in [0.2, 0.25) is 0 Å². The van der Waals surface area contributed by atoms with Crippen LogP contribution in [0, 0.1) is 0 Å². The molecule has 2 aromatic rings. The standard InChI is InChI=1S/C17H20BrNO3/c1-20-14-6-4-12(5-7-14)10-19-11-13-8-15(18)17(22-3)16(9-13)21-2/h4-9,19H,10-11H2,1-3H3. The minimum Gasteiger partial charge on any atom is -0.497 e. The van der Waals surface area contributed by atoms with E-state index in [0.717, 1.165) is 34.6 Å². The Hall–Kier alpha value is -1.72. The quantitative estimate of drug-likeness (QED) is 0.810. The van der Waals surface area contributed by atoms with Gasteiger partial charge in [0.15, 0.2) is 11.5 Å². The fourth-order valence-electron chi connectivity index (χ4n) is 2.17. The molecule has 4 nitrogen and oxygen atoms in total. The number of hydrogen-bond acceptors (Lipinski definition) is 4. The molecule has 118 valence electrons. The first-order valence-electron chi connectivity index (χ1n) is 6.92. The van der Waals surface area contributed by atoms with E-state index in [2.05, 4.69) is 33.4 Å². The number of rotatable bonds is 7. The molecule has 0 unspecified atom stereocenters. The summed E-state index contributed by atoms with van der Waals surface area (Å²) in [5.74, 6) is 2.30. The predicted molar refractivity (Wildman–Crippen MR) is 90.8 cm³/mol. The highest BCUT2D eigenvalue weighted by atomic mass is 79.9. The summed E-state index contributed by atoms with van der Waals surface area (Å²) in [6.07, 6.45) is 0. The SMILES string of the molecule is COc1ccc(CNCc2cc(Br)c(OC)c(OC)c2)cc1. The van der Waals surface area contributed by atoms with Gasteiger partial charge < -0.3 is 19.5 Å². The lowest BCUT2D eigenvalue weighted by molar-refractivity contribution is 0.352. The summed E-state index contributed by atoms with van der Waals surface area (Å²) in [6, 6.07) is 12.0. The number of ether oxygens (including phenoxy) is 3. The van der Waals surface area contributed by atoms with Crippen molar-refractivity contribution in [3.63, 3.8) is 0 Å². The molecule has 0 aliphatic heterocycles. The lowest BCUT2D eigenvalue weighted by Gasteiger charge is -2.12. The first kappa shape index (κ1) is 16.6. The Morgan fingerprint density at radius 3 is 2.14 bits per heavy atom. The number of halogens is 1. The zero-order valence-electron chi connectivity index (χ0n) is 13.0. The molecule has 22 heavy (non-hydrogen) atoms. The van der Waals surface area contributed by atoms with Gasteiger partial charge in [0.1, 0.15) is 5.75 Å². The zero-order valence-corrected chi connectivity index (χ0v) is 14.6. The van der Waals surface area contributed by atoms with Crippen LogP contribution >= 0.6 is 15.9 Å². The van der Waals surface area contributed by atoms with E-state index in [0.29, 0.717) is 5.75 Å². The summed E-state index contributed by atoms with van der Waals surface area (Å²) >= 11 is 3.50. The van der Waals surface area contributed by atoms with Gasteiger partial charge in [-0.15, -0.1) is 0 Å². The summed E-state index contributed by atoms with van der Waals surface area (Å²) < 4.78 is 16.7. The van der Waals surface area contributed by atoms with Crippen molar-refractivity contribution in [2.45, 2.75) is 13.1 Å². The van der Waals surface area contributed by atoms with Crippen LogP contribution in [0.2, 0.25) is 0 Å². The Labute approximate surface area is 139 Å². The molecule has 0 saturated carbocycles. The van der Waals surface area contributed by atoms with Crippen molar-refractivity contribution >= 4 is 15.9 Å². The van der Waals surface area contributed by atoms with E-state index >= 15 is 0 Å². The molecular formula is C17H20BrNO3. The van der Waals surface area contributed by atoms with Gasteiger partial charge in [-0.3, -0.25) is 0 Å². The van der Waals surface area contributed by atoms with Gasteiger partial charge in [0, 0.05) is 13.1 Å². The van der Waals surface area contributed by atoms with E-state index in [1.807, 2.05) is 24.3 Å². The molecule has 0 aliphatic carbocycles. The van der Waals surface area contributed by atoms with Crippen molar-refractivity contribution in [2.24, 2.45) is 0 Å². The van der Waals surface area contributed by atoms with Crippen LogP contribution < -0.4 is 19.5 Å². The van der Waals surface area contributed by atoms with Crippen molar-refractivity contribution in [2.75, 3.05) is 21.3 Å². The molecular weight excluding hydrogens is 346 g/mol. The van der Waals surface area contributed by atoms with Gasteiger partial charge in [-0.25, -0.2) is 0 Å². The van der Waals surface area contributed by atoms with Gasteiger partial charge in [-0.05, 0) is 51.3 Å². The molecule has 2 aromatic carbocycles. The Morgan fingerprint density at radius 1 is 0.864 bits per heavy atom. The average molecular weight is 366 g/mol. The molecule has 0 amide bonds. The van der Waals surface area contributed by atoms with E-state index in [4.69, 9.17) is 14.2 Å². The lowest BCUT2D eigenvalue weighted by Crippen LogP contribution is -2.12. The molecule has 5 heteroatoms. The predicted octanol–water partition coefficient (Wildman–Crippen LogP) is 3.76. The maximum absolute atomic E-state index is 5.35. The molecule has 1 N–H and O–H groups in total. The molecule has 0 aromatic heterocycles. The number of methoxy groups -OCH3 is 3. The maximum atomic E-state index is 5.35. The van der Waals surface area contributed by atoms with Crippen LogP contribution in [0.3, 0.4) is 0 Å². The molecule has 2 rings (SSSR count). The lowest BCUT2D eigenvalue weighted by atomic mass is 10.2. The van der Waals surface area contributed by atoms with Crippen molar-refractivity contribution in [3.05, 3.63) is 52.0 Å². The van der Waals surface area contributed by atoms with Gasteiger partial charge >= 0.3 is 0 Å². The third-order valence-corrected chi connectivity index (χ3v) is 3.90. The summed E-state index contributed by atoms with van der Waals surface area (Å²) in [5.41, 5.74) is 2.33. The summed E-state index contributed by atoms with van der Waals surface area (Å²) in [5, 5.41) is 3.41. The molecule has 0 spiro atoms. The van der Waals surface area contributed by atoms with Gasteiger partial charge in [-0.2, -0.15) is 0 Å². The number of hydrogen-bond donors (Lipinski definition) is 1. The Morgan fingerprint density at radius 2 is 1.55 bits per heavy atom. The molecule has 0 heterocycles. The first-order chi connectivity index (χ1) is 10.7. The summed E-state index contributed by atoms with van der Waals surface area (Å²) in [4.78, 5) is 0. The van der Waals surface area contributed by atoms with Crippen molar-refractivity contribution < 1.29 is 14.2 Å². The summed E-state index contributed by atoms with van der Waals surface area (Å²) in [7, 11) is 4.94. The maximum Gasteiger partial charge on any atom is 0.174 e. The normalized spacial score (nSPS) is 10.4. The first-order valence-corrected chi connectivity index (χ1v) is 7.71. The van der Waals surface area contributed by atoms with Crippen LogP contribution in [0.15, 0.2) is 40.9 Å². The van der Waals surface area contributed by atoms with Crippen molar-refractivity contribution in [3.8, 4) is 17.2 Å². The largest absolute Gasteiger partial charge is 0.497 e. The molecule has 0 saturated heterocycles. The number of nitrogens with one attached hydrogen (secondary N) is 1. The number of benzene rings is 2. The van der Waals surface area contributed by atoms with Gasteiger partial charge in [0.05, 0.1) is 25.8 Å². The van der Waals surface area contributed by atoms with E-state index in [1.54, 1.807) is 21.3 Å². The Balaban J connectivity index is 1.97. The van der Waals surface area contributed by atoms with Crippen LogP contribution in [0.4, 0.5) is 0 Å². The topological polar surface area (TPSA) is 39.7 Å². The van der Waals surface area contributed by atoms with Crippen LogP contribution in [-0.2, 0) is 13.1 Å². The molecule has 0 radical (unpaired) electrons. The van der Waals surface area contributed by atoms with E-state index in [9.17, 15) is 0 Å². The average Bonchev–Trinajstić information content (AvgIpc) is 2.55. The van der Waals surface area contributed by atoms with Crippen LogP contribution in [0.25, 0.3) is 0 Å². The molecule has 0 bridgehead atoms. The highest BCUT2D eigenvalue weighted by Gasteiger charge is 2.10. The van der Waals surface area contributed by atoms with E-state index < -0.39 is 0 Å². The third kappa shape index (κ3) is 4.15. The summed E-state index contributed by atoms with van der Waals surface area (Å²) in [6.45, 7) is 1.53. The fraction of sp³-hybridized carbons (Fsp3) is 0.294. The van der Waals surface area contributed by atoms with Crippen LogP contribution in [-0.4, -0.2) is 21.3 Å². The second kappa shape index (κ2) is 8.06. The fourth-order valence-corrected chi connectivity index (χ4v) is 2.82. The minimum atomic E-state index is 0.710. The van der Waals surface area contributed by atoms with Crippen LogP contribution in [0.1, 0.15) is 11.1 Å². The third-order valence-electron chi connectivity index (χ3n) is 3.31. The highest BCUT2D eigenvalue weighted by molar-refractivity contribution is 9.10. The zero-order chi connectivity index (χ0) is 15.9. The van der Waals surface area contributed by atoms with Crippen molar-refractivity contribution in [1.82, 2.24) is 5.32 Å².